The van der Waals surface area contributed by atoms with Crippen LogP contribution in [0, 0.1) is 0 Å². The van der Waals surface area contributed by atoms with Crippen molar-refractivity contribution in [2.75, 3.05) is 12.3 Å². The molecule has 1 N–H and O–H groups in total. The fourth-order valence-electron chi connectivity index (χ4n) is 3.59. The molecule has 0 aromatic carbocycles. The number of likely N-dealkylation sites (tertiary alicyclic amines) is 1. The molecule has 2 aliphatic carbocycles. The second-order valence-corrected chi connectivity index (χ2v) is 7.68. The first-order valence-electron chi connectivity index (χ1n) is 7.97. The molecule has 1 saturated heterocycles. The van der Waals surface area contributed by atoms with E-state index in [9.17, 15) is 4.79 Å². The van der Waals surface area contributed by atoms with Crippen LogP contribution >= 0.6 is 11.8 Å². The molecule has 1 heterocycles. The molecule has 0 bridgehead atoms. The normalized spacial score (nSPS) is 35.9. The second-order valence-electron chi connectivity index (χ2n) is 6.16. The topological polar surface area (TPSA) is 32.3 Å². The number of hydrogen-bond acceptors (Lipinski definition) is 3. The van der Waals surface area contributed by atoms with E-state index < -0.39 is 0 Å². The van der Waals surface area contributed by atoms with E-state index in [0.29, 0.717) is 23.2 Å². The van der Waals surface area contributed by atoms with Crippen LogP contribution in [-0.4, -0.2) is 46.5 Å². The van der Waals surface area contributed by atoms with Crippen molar-refractivity contribution in [2.24, 2.45) is 0 Å². The van der Waals surface area contributed by atoms with Gasteiger partial charge >= 0.3 is 0 Å². The molecule has 3 atom stereocenters. The summed E-state index contributed by atoms with van der Waals surface area (Å²) in [5, 5.41) is 4.23. The van der Waals surface area contributed by atoms with Crippen molar-refractivity contribution in [3.05, 3.63) is 0 Å². The molecule has 1 amide bonds. The van der Waals surface area contributed by atoms with Gasteiger partial charge in [-0.25, -0.2) is 0 Å². The van der Waals surface area contributed by atoms with E-state index in [0.717, 1.165) is 13.0 Å². The van der Waals surface area contributed by atoms with Gasteiger partial charge in [0.15, 0.2) is 0 Å². The molecule has 3 aliphatic rings. The minimum atomic E-state index is 0.120. The lowest BCUT2D eigenvalue weighted by Gasteiger charge is -2.39. The molecule has 108 valence electrons. The summed E-state index contributed by atoms with van der Waals surface area (Å²) in [6, 6.07) is 1.27. The standard InChI is InChI=1S/C15H26N2OS/c1-2-19-14-7-3-6-13(14)17-10-4-5-12(15(17)18)16-11-8-9-11/h11-14,16H,2-10H2,1H3. The van der Waals surface area contributed by atoms with Crippen molar-refractivity contribution in [2.45, 2.75) is 75.2 Å². The van der Waals surface area contributed by atoms with E-state index >= 15 is 0 Å². The first kappa shape index (κ1) is 13.7. The van der Waals surface area contributed by atoms with Crippen molar-refractivity contribution >= 4 is 17.7 Å². The Kier molecular flexibility index (Phi) is 4.37. The number of thioether (sulfide) groups is 1. The van der Waals surface area contributed by atoms with Crippen molar-refractivity contribution in [1.82, 2.24) is 10.2 Å². The number of amides is 1. The Morgan fingerprint density at radius 1 is 1.21 bits per heavy atom. The largest absolute Gasteiger partial charge is 0.337 e. The van der Waals surface area contributed by atoms with Gasteiger partial charge in [0.25, 0.3) is 0 Å². The van der Waals surface area contributed by atoms with Crippen LogP contribution in [0.3, 0.4) is 0 Å². The maximum absolute atomic E-state index is 12.7. The minimum Gasteiger partial charge on any atom is -0.337 e. The van der Waals surface area contributed by atoms with Gasteiger partial charge in [-0.3, -0.25) is 4.79 Å². The SMILES string of the molecule is CCSC1CCCC1N1CCCC(NC2CC2)C1=O. The van der Waals surface area contributed by atoms with Gasteiger partial charge in [-0.1, -0.05) is 13.3 Å². The summed E-state index contributed by atoms with van der Waals surface area (Å²) in [4.78, 5) is 14.9. The van der Waals surface area contributed by atoms with Crippen molar-refractivity contribution < 1.29 is 4.79 Å². The van der Waals surface area contributed by atoms with Gasteiger partial charge in [0.05, 0.1) is 6.04 Å². The highest BCUT2D eigenvalue weighted by molar-refractivity contribution is 7.99. The van der Waals surface area contributed by atoms with Crippen LogP contribution in [0.2, 0.25) is 0 Å². The molecule has 3 fully saturated rings. The quantitative estimate of drug-likeness (QED) is 0.840. The molecule has 0 aromatic heterocycles. The van der Waals surface area contributed by atoms with Gasteiger partial charge in [0.2, 0.25) is 5.91 Å². The number of nitrogens with zero attached hydrogens (tertiary/aromatic N) is 1. The number of carbonyl (C=O) groups excluding carboxylic acids is 1. The molecular weight excluding hydrogens is 256 g/mol. The van der Waals surface area contributed by atoms with E-state index in [2.05, 4.69) is 28.9 Å². The van der Waals surface area contributed by atoms with E-state index in [1.165, 1.54) is 44.3 Å². The van der Waals surface area contributed by atoms with Gasteiger partial charge < -0.3 is 10.2 Å². The fraction of sp³-hybridized carbons (Fsp3) is 0.933. The number of rotatable bonds is 5. The summed E-state index contributed by atoms with van der Waals surface area (Å²) >= 11 is 2.06. The zero-order valence-electron chi connectivity index (χ0n) is 11.9. The van der Waals surface area contributed by atoms with Gasteiger partial charge in [0.1, 0.15) is 0 Å². The van der Waals surface area contributed by atoms with Crippen LogP contribution in [0.5, 0.6) is 0 Å². The number of hydrogen-bond donors (Lipinski definition) is 1. The zero-order chi connectivity index (χ0) is 13.2. The molecule has 1 aliphatic heterocycles. The summed E-state index contributed by atoms with van der Waals surface area (Å²) in [6.07, 6.45) is 8.57. The third kappa shape index (κ3) is 3.10. The third-order valence-electron chi connectivity index (χ3n) is 4.69. The Hall–Kier alpha value is -0.220. The molecule has 0 radical (unpaired) electrons. The number of carbonyl (C=O) groups is 1. The number of piperidine rings is 1. The van der Waals surface area contributed by atoms with Gasteiger partial charge in [-0.2, -0.15) is 11.8 Å². The highest BCUT2D eigenvalue weighted by atomic mass is 32.2. The average Bonchev–Trinajstić information content (AvgIpc) is 3.11. The van der Waals surface area contributed by atoms with Crippen LogP contribution < -0.4 is 5.32 Å². The summed E-state index contributed by atoms with van der Waals surface area (Å²) in [6.45, 7) is 3.22. The number of nitrogens with one attached hydrogen (secondary N) is 1. The molecule has 0 aromatic rings. The van der Waals surface area contributed by atoms with Crippen LogP contribution in [0.25, 0.3) is 0 Å². The Morgan fingerprint density at radius 2 is 2.05 bits per heavy atom. The molecule has 4 heteroatoms. The summed E-state index contributed by atoms with van der Waals surface area (Å²) < 4.78 is 0. The van der Waals surface area contributed by atoms with Gasteiger partial charge in [-0.15, -0.1) is 0 Å². The molecule has 3 rings (SSSR count). The lowest BCUT2D eigenvalue weighted by atomic mass is 10.0. The monoisotopic (exact) mass is 282 g/mol. The van der Waals surface area contributed by atoms with Crippen molar-refractivity contribution in [1.29, 1.82) is 0 Å². The molecule has 3 nitrogen and oxygen atoms in total. The van der Waals surface area contributed by atoms with Crippen LogP contribution in [0.4, 0.5) is 0 Å². The first-order chi connectivity index (χ1) is 9.29. The highest BCUT2D eigenvalue weighted by Crippen LogP contribution is 2.35. The predicted molar refractivity (Wildman–Crippen MR) is 80.5 cm³/mol. The molecule has 0 spiro atoms. The fourth-order valence-corrected chi connectivity index (χ4v) is 4.86. The summed E-state index contributed by atoms with van der Waals surface area (Å²) in [7, 11) is 0. The third-order valence-corrected chi connectivity index (χ3v) is 6.00. The molecule has 19 heavy (non-hydrogen) atoms. The zero-order valence-corrected chi connectivity index (χ0v) is 12.8. The van der Waals surface area contributed by atoms with Gasteiger partial charge in [-0.05, 0) is 44.3 Å². The van der Waals surface area contributed by atoms with Crippen LogP contribution in [0.1, 0.15) is 51.9 Å². The van der Waals surface area contributed by atoms with Crippen LogP contribution in [-0.2, 0) is 4.79 Å². The van der Waals surface area contributed by atoms with Crippen LogP contribution in [0.15, 0.2) is 0 Å². The van der Waals surface area contributed by atoms with E-state index in [1.807, 2.05) is 0 Å². The van der Waals surface area contributed by atoms with E-state index in [4.69, 9.17) is 0 Å². The van der Waals surface area contributed by atoms with E-state index in [1.54, 1.807) is 0 Å². The van der Waals surface area contributed by atoms with E-state index in [-0.39, 0.29) is 6.04 Å². The van der Waals surface area contributed by atoms with Gasteiger partial charge in [0, 0.05) is 23.9 Å². The summed E-state index contributed by atoms with van der Waals surface area (Å²) in [5.41, 5.74) is 0. The smallest absolute Gasteiger partial charge is 0.240 e. The Bertz CT molecular complexity index is 332. The maximum atomic E-state index is 12.7. The maximum Gasteiger partial charge on any atom is 0.240 e. The predicted octanol–water partition coefficient (Wildman–Crippen LogP) is 2.40. The molecule has 2 saturated carbocycles. The first-order valence-corrected chi connectivity index (χ1v) is 9.02. The Labute approximate surface area is 120 Å². The lowest BCUT2D eigenvalue weighted by Crippen LogP contribution is -2.55. The van der Waals surface area contributed by atoms with Crippen molar-refractivity contribution in [3.63, 3.8) is 0 Å². The summed E-state index contributed by atoms with van der Waals surface area (Å²) in [5.74, 6) is 1.57. The minimum absolute atomic E-state index is 0.120. The molecular formula is C15H26N2OS. The molecule has 3 unspecified atom stereocenters. The second kappa shape index (κ2) is 6.04. The Morgan fingerprint density at radius 3 is 2.79 bits per heavy atom. The van der Waals surface area contributed by atoms with Crippen molar-refractivity contribution in [3.8, 4) is 0 Å². The average molecular weight is 282 g/mol. The Balaban J connectivity index is 1.63. The lowest BCUT2D eigenvalue weighted by molar-refractivity contribution is -0.138. The highest BCUT2D eigenvalue weighted by Gasteiger charge is 2.40.